The van der Waals surface area contributed by atoms with Crippen molar-refractivity contribution in [2.75, 3.05) is 44.4 Å². The van der Waals surface area contributed by atoms with Crippen LogP contribution in [0.25, 0.3) is 32.9 Å². The number of pyridine rings is 1. The third-order valence-corrected chi connectivity index (χ3v) is 20.7. The Labute approximate surface area is 458 Å². The van der Waals surface area contributed by atoms with Crippen LogP contribution >= 0.6 is 0 Å². The summed E-state index contributed by atoms with van der Waals surface area (Å²) in [6.45, 7) is 10.1. The Bertz CT molecular complexity index is 3160. The van der Waals surface area contributed by atoms with E-state index in [4.69, 9.17) is 30.7 Å². The molecule has 6 aliphatic rings. The maximum absolute atomic E-state index is 17.2. The summed E-state index contributed by atoms with van der Waals surface area (Å²) in [5.74, 6) is 1.36. The zero-order valence-electron chi connectivity index (χ0n) is 43.5. The summed E-state index contributed by atoms with van der Waals surface area (Å²) in [6.07, 6.45) is 21.0. The number of nitrogens with zero attached hydrogens (tertiary/aromatic N) is 6. The number of rotatable bonds is 18. The number of phenolic OH excluding ortho intramolecular Hbond substituents is 1. The number of ether oxygens (including phenoxy) is 2. The van der Waals surface area contributed by atoms with Crippen LogP contribution in [-0.4, -0.2) is 125 Å². The molecule has 0 aliphatic carbocycles. The number of carbonyl (C=O) groups excluding carboxylic acids is 4. The molecule has 0 radical (unpaired) electrons. The summed E-state index contributed by atoms with van der Waals surface area (Å²) in [6, 6.07) is 12.0. The fourth-order valence-electron chi connectivity index (χ4n) is 12.7. The minimum atomic E-state index is -0.751. The van der Waals surface area contributed by atoms with Crippen molar-refractivity contribution in [2.45, 2.75) is 135 Å². The van der Waals surface area contributed by atoms with Crippen LogP contribution in [0.2, 0.25) is 0 Å². The summed E-state index contributed by atoms with van der Waals surface area (Å²) in [4.78, 5) is 68.6. The van der Waals surface area contributed by atoms with Crippen LogP contribution in [0.3, 0.4) is 0 Å². The molecular weight excluding hydrogens is 1100 g/mol. The molecule has 2 aromatic heterocycles. The number of terminal acetylenes is 1. The number of imide groups is 1. The number of benzene rings is 3. The van der Waals surface area contributed by atoms with Gasteiger partial charge in [0.25, 0.3) is 0 Å². The van der Waals surface area contributed by atoms with Crippen LogP contribution in [0.15, 0.2) is 60.8 Å². The van der Waals surface area contributed by atoms with Crippen molar-refractivity contribution >= 4 is 51.5 Å². The molecule has 6 aliphatic heterocycles. The molecule has 5 aromatic rings. The number of halogens is 3. The van der Waals surface area contributed by atoms with Crippen LogP contribution < -0.4 is 41.9 Å². The molecule has 6 atom stereocenters. The second-order valence-corrected chi connectivity index (χ2v) is 25.0. The number of fused-ring (bicyclic) bond motifs is 6. The standard InChI is InChI=1S/C58H63F2IN7O6.CH3NO/c1-4-41-45(59)19-16-36-25-40(69)26-43(49(36)41)52-51(60)53-44(28-62-52)54(66-30-37-17-18-38(31-66)63-37)65-57(64-53)74-33-58-23-22-39(67(58)29-34(3)27-58)32-73-24-11-9-7-6-8-10-13-35-14-12-15-42-50(35)56(72)68(55(42)71)48-21-20-47(70)46(5-2)61-48;2-1-3/h1,12,14-16,19,25-26,28,37-39,46,48,63,69H,3,5-11,13,17-18,20-24,27,29-33H2,2H3;1H,(H2,2,3)/q-1;. The number of amides is 3. The minimum Gasteiger partial charge on any atom is -0.372 e. The Morgan fingerprint density at radius 3 is 2.53 bits per heavy atom. The van der Waals surface area contributed by atoms with E-state index in [-0.39, 0.29) is 96.0 Å². The summed E-state index contributed by atoms with van der Waals surface area (Å²) in [5, 5.41) is 15.5. The number of aromatic hydroxyl groups is 1. The first-order valence-corrected chi connectivity index (χ1v) is 29.6. The minimum absolute atomic E-state index is 0.0131. The third kappa shape index (κ3) is 10.9. The van der Waals surface area contributed by atoms with Gasteiger partial charge in [-0.25, -0.2) is 8.78 Å². The van der Waals surface area contributed by atoms with Crippen LogP contribution in [0.4, 0.5) is 14.6 Å². The molecular formula is C59H66F2IN8O7-. The Hall–Kier alpha value is -6.14. The van der Waals surface area contributed by atoms with Crippen LogP contribution in [-0.2, 0) is 20.7 Å². The van der Waals surface area contributed by atoms with Gasteiger partial charge < -0.3 is 30.5 Å². The predicted molar refractivity (Wildman–Crippen MR) is 285 cm³/mol. The summed E-state index contributed by atoms with van der Waals surface area (Å²) >= 11 is -0.617. The quantitative estimate of drug-likeness (QED) is 0.0153. The number of hydrogen-bond donors (Lipinski definition) is 3. The zero-order chi connectivity index (χ0) is 54.0. The van der Waals surface area contributed by atoms with E-state index in [1.807, 2.05) is 19.1 Å². The Kier molecular flexibility index (Phi) is 16.5. The number of anilines is 1. The van der Waals surface area contributed by atoms with Crippen LogP contribution in [0.5, 0.6) is 11.8 Å². The van der Waals surface area contributed by atoms with Gasteiger partial charge in [-0.05, 0) is 55.7 Å². The van der Waals surface area contributed by atoms with E-state index in [1.165, 1.54) is 29.2 Å². The van der Waals surface area contributed by atoms with Gasteiger partial charge in [0.2, 0.25) is 6.41 Å². The number of primary amides is 1. The Balaban J connectivity index is 0.00000219. The molecule has 4 N–H and O–H groups in total. The van der Waals surface area contributed by atoms with Crippen molar-refractivity contribution in [3.63, 3.8) is 0 Å². The van der Waals surface area contributed by atoms with Gasteiger partial charge in [0.15, 0.2) is 5.82 Å². The second kappa shape index (κ2) is 23.4. The molecule has 406 valence electrons. The first kappa shape index (κ1) is 54.2. The third-order valence-electron chi connectivity index (χ3n) is 16.3. The number of hydrogen-bond acceptors (Lipinski definition) is 13. The number of carbonyl (C=O) groups is 4. The molecule has 5 fully saturated rings. The molecule has 15 nitrogen and oxygen atoms in total. The first-order valence-electron chi connectivity index (χ1n) is 27.1. The number of nitrogens with one attached hydrogen (secondary N) is 1. The topological polar surface area (TPSA) is 193 Å². The number of phenols is 1. The molecule has 0 spiro atoms. The number of unbranched alkanes of at least 4 members (excludes halogenated alkanes) is 5. The number of Topliss-reactive ketones (excluding diaryl/α,β-unsaturated/α-hetero) is 1. The van der Waals surface area contributed by atoms with Crippen LogP contribution in [0.1, 0.15) is 129 Å². The number of aryl methyl sites for hydroxylation is 1. The average Bonchev–Trinajstić information content (AvgIpc) is 4.14. The summed E-state index contributed by atoms with van der Waals surface area (Å²) in [5.41, 5.74) is 7.00. The van der Waals surface area contributed by atoms with E-state index in [0.29, 0.717) is 72.6 Å². The van der Waals surface area contributed by atoms with E-state index in [9.17, 15) is 19.5 Å². The predicted octanol–water partition coefficient (Wildman–Crippen LogP) is 5.15. The molecule has 18 heteroatoms. The monoisotopic (exact) mass is 1160 g/mol. The maximum atomic E-state index is 17.2. The fourth-order valence-corrected chi connectivity index (χ4v) is 16.4. The molecule has 0 saturated carbocycles. The molecule has 5 saturated heterocycles. The van der Waals surface area contributed by atoms with E-state index >= 15 is 8.78 Å². The average molecular weight is 1160 g/mol. The van der Waals surface area contributed by atoms with Crippen molar-refractivity contribution < 1.29 is 63.7 Å². The molecule has 3 amide bonds. The van der Waals surface area contributed by atoms with Gasteiger partial charge in [-0.15, -0.1) is 6.42 Å². The SMILES string of the molecule is C#Cc1c(F)ccc2cc(O)cc(-c3ncc4c(N5CC6CCC(C5)N6)nc(OCC56CCC(COCCCCCCCCc7cccc8c7C(=O)N(C7CCC(=O)C(CC)[I-]7)C8=O)N5CC(=C)C6)nc4c3F)c12.NC=O. The number of piperazine rings is 1. The summed E-state index contributed by atoms with van der Waals surface area (Å²) in [7, 11) is 0. The van der Waals surface area contributed by atoms with Crippen molar-refractivity contribution in [2.24, 2.45) is 5.73 Å². The van der Waals surface area contributed by atoms with Crippen molar-refractivity contribution in [3.05, 3.63) is 94.7 Å². The van der Waals surface area contributed by atoms with Gasteiger partial charge in [0.1, 0.15) is 35.2 Å². The fraction of sp³-hybridized carbons (Fsp3) is 0.475. The van der Waals surface area contributed by atoms with Gasteiger partial charge >= 0.3 is 178 Å². The molecule has 77 heavy (non-hydrogen) atoms. The second-order valence-electron chi connectivity index (χ2n) is 21.3. The Morgan fingerprint density at radius 2 is 1.77 bits per heavy atom. The Morgan fingerprint density at radius 1 is 1.00 bits per heavy atom. The number of aromatic nitrogens is 3. The van der Waals surface area contributed by atoms with Gasteiger partial charge in [-0.3, -0.25) is 14.7 Å². The van der Waals surface area contributed by atoms with Gasteiger partial charge in [0, 0.05) is 61.5 Å². The van der Waals surface area contributed by atoms with Crippen molar-refractivity contribution in [1.82, 2.24) is 30.1 Å². The normalized spacial score (nSPS) is 23.9. The molecule has 8 heterocycles. The maximum Gasteiger partial charge on any atom is 0.204 e. The number of alkyl halides is 2. The zero-order valence-corrected chi connectivity index (χ0v) is 45.7. The molecule has 6 unspecified atom stereocenters. The van der Waals surface area contributed by atoms with Crippen molar-refractivity contribution in [1.29, 1.82) is 0 Å². The van der Waals surface area contributed by atoms with Gasteiger partial charge in [-0.2, -0.15) is 9.97 Å². The van der Waals surface area contributed by atoms with E-state index < -0.39 is 32.8 Å². The van der Waals surface area contributed by atoms with Gasteiger partial charge in [0.05, 0.1) is 23.1 Å². The van der Waals surface area contributed by atoms with E-state index in [1.54, 1.807) is 12.3 Å². The smallest absolute Gasteiger partial charge is 0.204 e. The van der Waals surface area contributed by atoms with E-state index in [0.717, 1.165) is 101 Å². The number of nitrogens with two attached hydrogens (primary N) is 1. The number of ketones is 1. The molecule has 2 bridgehead atoms. The van der Waals surface area contributed by atoms with Crippen LogP contribution in [0, 0.1) is 24.0 Å². The molecule has 3 aromatic carbocycles. The van der Waals surface area contributed by atoms with Gasteiger partial charge in [-0.1, -0.05) is 24.1 Å². The molecule has 11 rings (SSSR count). The largest absolute Gasteiger partial charge is 0.372 e. The van der Waals surface area contributed by atoms with Crippen molar-refractivity contribution in [3.8, 4) is 35.4 Å². The summed E-state index contributed by atoms with van der Waals surface area (Å²) < 4.78 is 45.2. The first-order chi connectivity index (χ1) is 37.3. The van der Waals surface area contributed by atoms with E-state index in [2.05, 4.69) is 38.3 Å².